The van der Waals surface area contributed by atoms with Gasteiger partial charge >= 0.3 is 0 Å². The lowest BCUT2D eigenvalue weighted by Crippen LogP contribution is -2.57. The molecule has 0 aromatic rings. The maximum Gasteiger partial charge on any atom is 0.136 e. The fourth-order valence-corrected chi connectivity index (χ4v) is 6.88. The summed E-state index contributed by atoms with van der Waals surface area (Å²) in [7, 11) is 0. The molecule has 0 aromatic carbocycles. The molecule has 0 aliphatic heterocycles. The molecule has 0 saturated heterocycles. The van der Waals surface area contributed by atoms with E-state index in [0.717, 1.165) is 44.9 Å². The molecule has 4 saturated carbocycles. The lowest BCUT2D eigenvalue weighted by molar-refractivity contribution is -0.162. The van der Waals surface area contributed by atoms with Gasteiger partial charge in [-0.3, -0.25) is 4.79 Å². The predicted molar refractivity (Wildman–Crippen MR) is 84.1 cm³/mol. The minimum Gasteiger partial charge on any atom is -0.393 e. The topological polar surface area (TPSA) is 57.5 Å². The van der Waals surface area contributed by atoms with Crippen LogP contribution < -0.4 is 0 Å². The van der Waals surface area contributed by atoms with Crippen molar-refractivity contribution >= 4 is 5.78 Å². The predicted octanol–water partition coefficient (Wildman–Crippen LogP) is 2.93. The van der Waals surface area contributed by atoms with Gasteiger partial charge in [-0.15, -0.1) is 0 Å². The van der Waals surface area contributed by atoms with Gasteiger partial charge in [-0.25, -0.2) is 0 Å². The Morgan fingerprint density at radius 1 is 0.955 bits per heavy atom. The first-order valence-electron chi connectivity index (χ1n) is 9.25. The zero-order chi connectivity index (χ0) is 15.7. The molecule has 0 radical (unpaired) electrons. The van der Waals surface area contributed by atoms with Crippen molar-refractivity contribution in [2.24, 2.45) is 34.5 Å². The van der Waals surface area contributed by atoms with Crippen LogP contribution in [0.2, 0.25) is 0 Å². The fraction of sp³-hybridized carbons (Fsp3) is 0.947. The van der Waals surface area contributed by atoms with Crippen molar-refractivity contribution in [2.75, 3.05) is 0 Å². The zero-order valence-corrected chi connectivity index (χ0v) is 13.9. The minimum atomic E-state index is -0.218. The van der Waals surface area contributed by atoms with Crippen molar-refractivity contribution in [2.45, 2.75) is 77.4 Å². The summed E-state index contributed by atoms with van der Waals surface area (Å²) in [5, 5.41) is 20.5. The molecule has 22 heavy (non-hydrogen) atoms. The number of carbonyl (C=O) groups excluding carboxylic acids is 1. The molecule has 0 bridgehead atoms. The van der Waals surface area contributed by atoms with E-state index in [1.807, 2.05) is 0 Å². The third-order valence-corrected chi connectivity index (χ3v) is 8.39. The van der Waals surface area contributed by atoms with E-state index in [0.29, 0.717) is 30.0 Å². The number of fused-ring (bicyclic) bond motifs is 5. The molecule has 2 N–H and O–H groups in total. The van der Waals surface area contributed by atoms with Gasteiger partial charge in [0, 0.05) is 12.3 Å². The summed E-state index contributed by atoms with van der Waals surface area (Å²) in [5.41, 5.74) is 0.195. The van der Waals surface area contributed by atoms with Crippen molar-refractivity contribution in [3.05, 3.63) is 0 Å². The molecule has 0 unspecified atom stereocenters. The van der Waals surface area contributed by atoms with Crippen LogP contribution in [0.5, 0.6) is 0 Å². The molecule has 0 amide bonds. The number of rotatable bonds is 0. The molecular formula is C19H30O3. The van der Waals surface area contributed by atoms with Crippen LogP contribution in [0.3, 0.4) is 0 Å². The highest BCUT2D eigenvalue weighted by atomic mass is 16.3. The Balaban J connectivity index is 1.69. The summed E-state index contributed by atoms with van der Waals surface area (Å²) in [6.45, 7) is 4.61. The highest BCUT2D eigenvalue weighted by Gasteiger charge is 2.62. The Bertz CT molecular complexity index is 489. The lowest BCUT2D eigenvalue weighted by Gasteiger charge is -2.59. The molecule has 4 fully saturated rings. The molecule has 0 aromatic heterocycles. The molecule has 4 rings (SSSR count). The maximum absolute atomic E-state index is 13.0. The Labute approximate surface area is 133 Å². The van der Waals surface area contributed by atoms with Gasteiger partial charge in [0.25, 0.3) is 0 Å². The van der Waals surface area contributed by atoms with Gasteiger partial charge in [0.05, 0.1) is 12.2 Å². The Morgan fingerprint density at radius 2 is 1.64 bits per heavy atom. The van der Waals surface area contributed by atoms with Crippen LogP contribution >= 0.6 is 0 Å². The quantitative estimate of drug-likeness (QED) is 0.723. The van der Waals surface area contributed by atoms with E-state index in [9.17, 15) is 15.0 Å². The second kappa shape index (κ2) is 4.80. The van der Waals surface area contributed by atoms with E-state index in [1.165, 1.54) is 0 Å². The zero-order valence-electron chi connectivity index (χ0n) is 13.9. The normalized spacial score (nSPS) is 57.9. The van der Waals surface area contributed by atoms with E-state index in [2.05, 4.69) is 13.8 Å². The number of ketones is 1. The van der Waals surface area contributed by atoms with Crippen molar-refractivity contribution in [1.29, 1.82) is 0 Å². The lowest BCUT2D eigenvalue weighted by atomic mass is 9.45. The van der Waals surface area contributed by atoms with Crippen LogP contribution in [-0.4, -0.2) is 28.2 Å². The SMILES string of the molecule is C[C@]12CC[C@@H](O)C[C@@H]1CC(=O)[C@H]1[C@H]2CC[C@]2(C)[C@H](O)CC[C@H]12. The van der Waals surface area contributed by atoms with Crippen LogP contribution in [-0.2, 0) is 4.79 Å². The first-order chi connectivity index (χ1) is 10.4. The molecular weight excluding hydrogens is 276 g/mol. The number of aliphatic hydroxyl groups excluding tert-OH is 2. The molecule has 8 atom stereocenters. The number of Topliss-reactive ketones (excluding diaryl/α,β-unsaturated/α-hetero) is 1. The van der Waals surface area contributed by atoms with Gasteiger partial charge in [0.2, 0.25) is 0 Å². The van der Waals surface area contributed by atoms with Gasteiger partial charge < -0.3 is 10.2 Å². The van der Waals surface area contributed by atoms with E-state index in [-0.39, 0.29) is 29.0 Å². The first kappa shape index (κ1) is 15.1. The van der Waals surface area contributed by atoms with Crippen LogP contribution in [0.25, 0.3) is 0 Å². The Morgan fingerprint density at radius 3 is 2.41 bits per heavy atom. The molecule has 4 aliphatic rings. The van der Waals surface area contributed by atoms with Crippen LogP contribution in [0, 0.1) is 34.5 Å². The van der Waals surface area contributed by atoms with Gasteiger partial charge in [0.15, 0.2) is 0 Å². The first-order valence-corrected chi connectivity index (χ1v) is 9.25. The Hall–Kier alpha value is -0.410. The van der Waals surface area contributed by atoms with Crippen molar-refractivity contribution in [3.8, 4) is 0 Å². The molecule has 3 nitrogen and oxygen atoms in total. The smallest absolute Gasteiger partial charge is 0.136 e. The largest absolute Gasteiger partial charge is 0.393 e. The van der Waals surface area contributed by atoms with Crippen LogP contribution in [0.1, 0.15) is 65.2 Å². The summed E-state index contributed by atoms with van der Waals surface area (Å²) >= 11 is 0. The minimum absolute atomic E-state index is 0.0335. The van der Waals surface area contributed by atoms with E-state index >= 15 is 0 Å². The number of hydrogen-bond donors (Lipinski definition) is 2. The van der Waals surface area contributed by atoms with Gasteiger partial charge in [-0.2, -0.15) is 0 Å². The summed E-state index contributed by atoms with van der Waals surface area (Å²) in [4.78, 5) is 13.0. The van der Waals surface area contributed by atoms with Crippen molar-refractivity contribution in [3.63, 3.8) is 0 Å². The number of hydrogen-bond acceptors (Lipinski definition) is 3. The second-order valence-corrected chi connectivity index (χ2v) is 9.18. The van der Waals surface area contributed by atoms with Crippen LogP contribution in [0.15, 0.2) is 0 Å². The average Bonchev–Trinajstić information content (AvgIpc) is 2.77. The van der Waals surface area contributed by atoms with Gasteiger partial charge in [0.1, 0.15) is 5.78 Å². The summed E-state index contributed by atoms with van der Waals surface area (Å²) < 4.78 is 0. The summed E-state index contributed by atoms with van der Waals surface area (Å²) in [6, 6.07) is 0. The van der Waals surface area contributed by atoms with Crippen LogP contribution in [0.4, 0.5) is 0 Å². The monoisotopic (exact) mass is 306 g/mol. The molecule has 0 heterocycles. The molecule has 3 heteroatoms. The summed E-state index contributed by atoms with van der Waals surface area (Å²) in [5.74, 6) is 1.85. The number of aliphatic hydroxyl groups is 2. The third kappa shape index (κ3) is 1.84. The maximum atomic E-state index is 13.0. The number of carbonyl (C=O) groups is 1. The van der Waals surface area contributed by atoms with Gasteiger partial charge in [-0.1, -0.05) is 13.8 Å². The summed E-state index contributed by atoms with van der Waals surface area (Å²) in [6.07, 6.45) is 7.07. The molecule has 4 aliphatic carbocycles. The van der Waals surface area contributed by atoms with E-state index in [1.54, 1.807) is 0 Å². The highest BCUT2D eigenvalue weighted by Crippen LogP contribution is 2.65. The fourth-order valence-electron chi connectivity index (χ4n) is 6.88. The molecule has 0 spiro atoms. The van der Waals surface area contributed by atoms with Gasteiger partial charge in [-0.05, 0) is 73.5 Å². The van der Waals surface area contributed by atoms with Crippen molar-refractivity contribution in [1.82, 2.24) is 0 Å². The van der Waals surface area contributed by atoms with Crippen molar-refractivity contribution < 1.29 is 15.0 Å². The Kier molecular flexibility index (Phi) is 3.30. The van der Waals surface area contributed by atoms with E-state index in [4.69, 9.17) is 0 Å². The second-order valence-electron chi connectivity index (χ2n) is 9.18. The van der Waals surface area contributed by atoms with E-state index < -0.39 is 0 Å². The average molecular weight is 306 g/mol. The third-order valence-electron chi connectivity index (χ3n) is 8.39. The molecule has 124 valence electrons. The standard InChI is InChI=1S/C19H30O3/c1-18-7-5-12(20)9-11(18)10-15(21)17-13-3-4-16(22)19(13,2)8-6-14(17)18/h11-14,16-17,20,22H,3-10H2,1-2H3/t11-,12-,13-,14-,16-,17-,18+,19+/m1/s1. The highest BCUT2D eigenvalue weighted by molar-refractivity contribution is 5.83.